The van der Waals surface area contributed by atoms with Crippen LogP contribution in [0.1, 0.15) is 6.92 Å². The van der Waals surface area contributed by atoms with Crippen molar-refractivity contribution in [2.24, 2.45) is 0 Å². The van der Waals surface area contributed by atoms with Gasteiger partial charge in [0.2, 0.25) is 0 Å². The van der Waals surface area contributed by atoms with E-state index in [0.29, 0.717) is 6.61 Å². The van der Waals surface area contributed by atoms with Crippen LogP contribution in [0.3, 0.4) is 0 Å². The van der Waals surface area contributed by atoms with Crippen LogP contribution < -0.4 is 0 Å². The van der Waals surface area contributed by atoms with Gasteiger partial charge in [0.15, 0.2) is 23.1 Å². The van der Waals surface area contributed by atoms with E-state index in [4.69, 9.17) is 8.74 Å². The normalized spacial score (nSPS) is 13.0. The number of hydrogen-bond donors (Lipinski definition) is 0. The van der Waals surface area contributed by atoms with Crippen molar-refractivity contribution in [3.8, 4) is 0 Å². The fraction of sp³-hybridized carbons (Fsp3) is 1.00. The van der Waals surface area contributed by atoms with Gasteiger partial charge in [-0.25, -0.2) is 0 Å². The van der Waals surface area contributed by atoms with Crippen molar-refractivity contribution in [3.05, 3.63) is 0 Å². The maximum atomic E-state index is 11.0. The van der Waals surface area contributed by atoms with E-state index in [-0.39, 0.29) is 0 Å². The first-order chi connectivity index (χ1) is 6.77. The molecule has 0 unspecified atom stereocenters. The van der Waals surface area contributed by atoms with Crippen LogP contribution >= 0.6 is 14.7 Å². The summed E-state index contributed by atoms with van der Waals surface area (Å²) in [6, 6.07) is 0. The van der Waals surface area contributed by atoms with Gasteiger partial charge >= 0.3 is 0 Å². The highest BCUT2D eigenvalue weighted by Gasteiger charge is 2.21. The molecule has 0 rings (SSSR count). The van der Waals surface area contributed by atoms with E-state index >= 15 is 0 Å². The zero-order valence-corrected chi connectivity index (χ0v) is 14.5. The minimum absolute atomic E-state index is 0.546. The summed E-state index contributed by atoms with van der Waals surface area (Å²) >= 11 is 0. The lowest BCUT2D eigenvalue weighted by atomic mass is 10.9. The van der Waals surface area contributed by atoms with E-state index in [0.717, 1.165) is 0 Å². The minimum Gasteiger partial charge on any atom is -0.371 e. The van der Waals surface area contributed by atoms with Crippen LogP contribution in [0.15, 0.2) is 0 Å². The van der Waals surface area contributed by atoms with Crippen molar-refractivity contribution in [2.45, 2.75) is 26.6 Å². The smallest absolute Gasteiger partial charge is 0.197 e. The molecule has 0 saturated heterocycles. The monoisotopic (exact) mass is 288 g/mol. The Hall–Kier alpha value is 0.597. The Bertz CT molecular complexity index is 274. The highest BCUT2D eigenvalue weighted by molar-refractivity contribution is 7.58. The molecule has 0 heterocycles. The van der Waals surface area contributed by atoms with Crippen LogP contribution in [0.25, 0.3) is 0 Å². The van der Waals surface area contributed by atoms with E-state index < -0.39 is 23.1 Å². The van der Waals surface area contributed by atoms with Gasteiger partial charge in [-0.2, -0.15) is 0 Å². The van der Waals surface area contributed by atoms with E-state index in [2.05, 4.69) is 0 Å². The molecule has 0 amide bonds. The Labute approximate surface area is 101 Å². The average molecular weight is 288 g/mol. The highest BCUT2D eigenvalue weighted by atomic mass is 31.2. The summed E-state index contributed by atoms with van der Waals surface area (Å²) < 4.78 is 31.7. The van der Waals surface area contributed by atoms with Gasteiger partial charge in [0.25, 0.3) is 0 Å². The summed E-state index contributed by atoms with van der Waals surface area (Å²) in [4.78, 5) is 0. The summed E-state index contributed by atoms with van der Waals surface area (Å²) in [7, 11) is -5.95. The van der Waals surface area contributed by atoms with Crippen LogP contribution in [0.4, 0.5) is 0 Å². The third-order valence-electron chi connectivity index (χ3n) is 0.934. The molecule has 100 valence electrons. The first-order valence-corrected chi connectivity index (χ1v) is 13.7. The lowest BCUT2D eigenvalue weighted by molar-refractivity contribution is 0.341. The van der Waals surface area contributed by atoms with Crippen LogP contribution in [-0.2, 0) is 17.9 Å². The third kappa shape index (κ3) is 24.0. The summed E-state index contributed by atoms with van der Waals surface area (Å²) in [5.74, 6) is 0. The van der Waals surface area contributed by atoms with E-state index in [1.807, 2.05) is 26.6 Å². The van der Waals surface area contributed by atoms with Crippen molar-refractivity contribution in [2.75, 3.05) is 33.3 Å². The fourth-order valence-corrected chi connectivity index (χ4v) is 6.87. The predicted molar refractivity (Wildman–Crippen MR) is 75.0 cm³/mol. The van der Waals surface area contributed by atoms with Crippen LogP contribution in [-0.4, -0.2) is 41.6 Å². The molecular weight excluding hydrogens is 262 g/mol. The molecule has 0 N–H and O–H groups in total. The van der Waals surface area contributed by atoms with Crippen molar-refractivity contribution < 1.29 is 17.9 Å². The van der Waals surface area contributed by atoms with Gasteiger partial charge in [-0.3, -0.25) is 9.13 Å². The molecule has 7 heteroatoms. The van der Waals surface area contributed by atoms with Gasteiger partial charge in [-0.1, -0.05) is 0 Å². The largest absolute Gasteiger partial charge is 0.371 e. The van der Waals surface area contributed by atoms with Gasteiger partial charge in [0.05, 0.1) is 6.61 Å². The molecule has 0 atom stereocenters. The molecule has 4 nitrogen and oxygen atoms in total. The Balaban J connectivity index is 0. The molecule has 16 heavy (non-hydrogen) atoms. The van der Waals surface area contributed by atoms with Crippen LogP contribution in [0, 0.1) is 0 Å². The summed E-state index contributed by atoms with van der Waals surface area (Å²) in [5.41, 5.74) is 0. The van der Waals surface area contributed by atoms with Gasteiger partial charge in [-0.05, 0) is 26.6 Å². The predicted octanol–water partition coefficient (Wildman–Crippen LogP) is 3.94. The van der Waals surface area contributed by atoms with Gasteiger partial charge < -0.3 is 8.74 Å². The van der Waals surface area contributed by atoms with Crippen molar-refractivity contribution in [1.29, 1.82) is 0 Å². The molecular formula is C9H26O4P2Si. The second-order valence-corrected chi connectivity index (χ2v) is 15.3. The molecule has 0 saturated carbocycles. The van der Waals surface area contributed by atoms with Crippen LogP contribution in [0.5, 0.6) is 0 Å². The molecule has 0 aliphatic heterocycles. The van der Waals surface area contributed by atoms with Crippen molar-refractivity contribution >= 4 is 23.1 Å². The molecule has 0 aromatic heterocycles. The molecule has 0 aliphatic rings. The molecule has 0 aromatic rings. The standard InChI is InChI=1S/C5H15O2PSi.C4H11O2P/c1-8(2,6)7-9(3,4)5;1-4-6-7(2,3)5/h1-5H3;4H2,1-3H3. The van der Waals surface area contributed by atoms with Gasteiger partial charge in [0, 0.05) is 26.7 Å². The zero-order valence-electron chi connectivity index (χ0n) is 11.7. The SMILES string of the molecule is CCOP(C)(C)=O.C[Si](C)(C)OP(C)(C)=O. The Morgan fingerprint density at radius 1 is 0.938 bits per heavy atom. The lowest BCUT2D eigenvalue weighted by Gasteiger charge is -2.20. The number of rotatable bonds is 4. The maximum Gasteiger partial charge on any atom is 0.197 e. The fourth-order valence-electron chi connectivity index (χ4n) is 0.970. The minimum atomic E-state index is -2.23. The van der Waals surface area contributed by atoms with Crippen molar-refractivity contribution in [1.82, 2.24) is 0 Å². The second kappa shape index (κ2) is 7.12. The first-order valence-electron chi connectivity index (χ1n) is 5.22. The summed E-state index contributed by atoms with van der Waals surface area (Å²) in [5, 5.41) is 0. The Morgan fingerprint density at radius 3 is 1.31 bits per heavy atom. The third-order valence-corrected chi connectivity index (χ3v) is 5.76. The zero-order chi connectivity index (χ0) is 13.6. The quantitative estimate of drug-likeness (QED) is 0.581. The maximum absolute atomic E-state index is 11.0. The second-order valence-electron chi connectivity index (χ2n) is 5.13. The molecule has 0 fully saturated rings. The average Bonchev–Trinajstić information content (AvgIpc) is 1.73. The van der Waals surface area contributed by atoms with Crippen molar-refractivity contribution in [3.63, 3.8) is 0 Å². The molecule has 0 aromatic carbocycles. The van der Waals surface area contributed by atoms with Gasteiger partial charge in [0.1, 0.15) is 0 Å². The highest BCUT2D eigenvalue weighted by Crippen LogP contribution is 2.40. The first kappa shape index (κ1) is 18.9. The lowest BCUT2D eigenvalue weighted by Crippen LogP contribution is -2.22. The summed E-state index contributed by atoms with van der Waals surface area (Å²) in [6.45, 7) is 15.0. The van der Waals surface area contributed by atoms with E-state index in [1.165, 1.54) is 0 Å². The van der Waals surface area contributed by atoms with Gasteiger partial charge in [-0.15, -0.1) is 0 Å². The van der Waals surface area contributed by atoms with Crippen LogP contribution in [0.2, 0.25) is 19.6 Å². The molecule has 0 bridgehead atoms. The summed E-state index contributed by atoms with van der Waals surface area (Å²) in [6.07, 6.45) is 0. The molecule has 0 aliphatic carbocycles. The molecule has 0 radical (unpaired) electrons. The molecule has 0 spiro atoms. The topological polar surface area (TPSA) is 52.6 Å². The number of hydrogen-bond acceptors (Lipinski definition) is 4. The Morgan fingerprint density at radius 2 is 1.31 bits per heavy atom. The van der Waals surface area contributed by atoms with E-state index in [1.54, 1.807) is 26.7 Å². The van der Waals surface area contributed by atoms with E-state index in [9.17, 15) is 9.13 Å². The Kier molecular flexibility index (Phi) is 8.44.